The summed E-state index contributed by atoms with van der Waals surface area (Å²) in [6.07, 6.45) is 0. The second-order valence-electron chi connectivity index (χ2n) is 3.47. The molecule has 0 amide bonds. The molecule has 0 aliphatic rings. The lowest BCUT2D eigenvalue weighted by Gasteiger charge is -2.13. The number of nitro groups is 1. The van der Waals surface area contributed by atoms with E-state index >= 15 is 0 Å². The zero-order valence-electron chi connectivity index (χ0n) is 8.97. The van der Waals surface area contributed by atoms with Gasteiger partial charge in [-0.15, -0.1) is 0 Å². The SMILES string of the molecule is O=[N+]([O-])c1cc(Cl)ccc1CNC(CO)CO. The first-order valence-electron chi connectivity index (χ1n) is 4.96. The number of benzene rings is 1. The van der Waals surface area contributed by atoms with Gasteiger partial charge in [0.1, 0.15) is 0 Å². The van der Waals surface area contributed by atoms with Crippen molar-refractivity contribution in [2.24, 2.45) is 0 Å². The van der Waals surface area contributed by atoms with Gasteiger partial charge in [-0.25, -0.2) is 0 Å². The van der Waals surface area contributed by atoms with Crippen LogP contribution in [0.2, 0.25) is 5.02 Å². The van der Waals surface area contributed by atoms with Gasteiger partial charge in [-0.3, -0.25) is 10.1 Å². The van der Waals surface area contributed by atoms with Gasteiger partial charge < -0.3 is 15.5 Å². The number of halogens is 1. The summed E-state index contributed by atoms with van der Waals surface area (Å²) in [7, 11) is 0. The van der Waals surface area contributed by atoms with Crippen molar-refractivity contribution in [1.82, 2.24) is 5.32 Å². The van der Waals surface area contributed by atoms with Gasteiger partial charge in [-0.2, -0.15) is 0 Å². The maximum absolute atomic E-state index is 10.8. The summed E-state index contributed by atoms with van der Waals surface area (Å²) < 4.78 is 0. The maximum Gasteiger partial charge on any atom is 0.275 e. The van der Waals surface area contributed by atoms with Gasteiger partial charge in [0, 0.05) is 23.2 Å². The molecule has 17 heavy (non-hydrogen) atoms. The van der Waals surface area contributed by atoms with E-state index in [2.05, 4.69) is 5.32 Å². The fourth-order valence-corrected chi connectivity index (χ4v) is 1.46. The molecule has 0 spiro atoms. The molecule has 94 valence electrons. The van der Waals surface area contributed by atoms with Crippen molar-refractivity contribution in [3.8, 4) is 0 Å². The van der Waals surface area contributed by atoms with E-state index in [1.165, 1.54) is 6.07 Å². The van der Waals surface area contributed by atoms with Gasteiger partial charge in [-0.1, -0.05) is 11.6 Å². The van der Waals surface area contributed by atoms with Gasteiger partial charge in [0.25, 0.3) is 5.69 Å². The molecular formula is C10H13ClN2O4. The molecule has 0 aliphatic heterocycles. The predicted octanol–water partition coefficient (Wildman–Crippen LogP) is 0.691. The van der Waals surface area contributed by atoms with E-state index in [0.29, 0.717) is 10.6 Å². The van der Waals surface area contributed by atoms with E-state index in [1.54, 1.807) is 12.1 Å². The molecule has 0 atom stereocenters. The number of hydrogen-bond acceptors (Lipinski definition) is 5. The summed E-state index contributed by atoms with van der Waals surface area (Å²) in [6.45, 7) is -0.297. The van der Waals surface area contributed by atoms with Crippen LogP contribution in [-0.2, 0) is 6.54 Å². The molecule has 6 nitrogen and oxygen atoms in total. The maximum atomic E-state index is 10.8. The molecule has 0 fully saturated rings. The standard InChI is InChI=1S/C10H13ClN2O4/c11-8-2-1-7(10(3-8)13(16)17)4-12-9(5-14)6-15/h1-3,9,12,14-15H,4-6H2. The first-order chi connectivity index (χ1) is 8.08. The van der Waals surface area contributed by atoms with Gasteiger partial charge in [0.2, 0.25) is 0 Å². The van der Waals surface area contributed by atoms with E-state index < -0.39 is 11.0 Å². The summed E-state index contributed by atoms with van der Waals surface area (Å²) in [5, 5.41) is 31.6. The molecule has 1 aromatic rings. The normalized spacial score (nSPS) is 10.8. The Bertz CT molecular complexity index is 396. The molecule has 1 rings (SSSR count). The van der Waals surface area contributed by atoms with Crippen molar-refractivity contribution < 1.29 is 15.1 Å². The zero-order chi connectivity index (χ0) is 12.8. The highest BCUT2D eigenvalue weighted by molar-refractivity contribution is 6.30. The Labute approximate surface area is 103 Å². The average Bonchev–Trinajstić information content (AvgIpc) is 2.31. The summed E-state index contributed by atoms with van der Waals surface area (Å²) in [4.78, 5) is 10.3. The minimum Gasteiger partial charge on any atom is -0.395 e. The molecule has 0 heterocycles. The van der Waals surface area contributed by atoms with Crippen molar-refractivity contribution in [2.45, 2.75) is 12.6 Å². The van der Waals surface area contributed by atoms with Crippen LogP contribution >= 0.6 is 11.6 Å². The van der Waals surface area contributed by atoms with E-state index in [-0.39, 0.29) is 25.4 Å². The largest absolute Gasteiger partial charge is 0.395 e. The third-order valence-electron chi connectivity index (χ3n) is 2.27. The van der Waals surface area contributed by atoms with Crippen LogP contribution in [0.4, 0.5) is 5.69 Å². The summed E-state index contributed by atoms with van der Waals surface area (Å²) >= 11 is 5.67. The average molecular weight is 261 g/mol. The Kier molecular flexibility index (Phi) is 5.30. The lowest BCUT2D eigenvalue weighted by Crippen LogP contribution is -2.35. The molecule has 0 saturated carbocycles. The monoisotopic (exact) mass is 260 g/mol. The Morgan fingerprint density at radius 3 is 2.59 bits per heavy atom. The Morgan fingerprint density at radius 2 is 2.06 bits per heavy atom. The minimum atomic E-state index is -0.518. The molecule has 7 heteroatoms. The highest BCUT2D eigenvalue weighted by Crippen LogP contribution is 2.23. The first-order valence-corrected chi connectivity index (χ1v) is 5.34. The van der Waals surface area contributed by atoms with Crippen LogP contribution in [-0.4, -0.2) is 34.4 Å². The van der Waals surface area contributed by atoms with Gasteiger partial charge in [0.15, 0.2) is 0 Å². The van der Waals surface area contributed by atoms with Crippen molar-refractivity contribution >= 4 is 17.3 Å². The number of aliphatic hydroxyl groups is 2. The number of rotatable bonds is 6. The molecule has 1 aromatic carbocycles. The molecule has 0 radical (unpaired) electrons. The van der Waals surface area contributed by atoms with E-state index in [4.69, 9.17) is 21.8 Å². The highest BCUT2D eigenvalue weighted by atomic mass is 35.5. The lowest BCUT2D eigenvalue weighted by molar-refractivity contribution is -0.385. The molecule has 0 aliphatic carbocycles. The fourth-order valence-electron chi connectivity index (χ4n) is 1.30. The molecule has 0 bridgehead atoms. The molecular weight excluding hydrogens is 248 g/mol. The van der Waals surface area contributed by atoms with Crippen molar-refractivity contribution in [3.63, 3.8) is 0 Å². The highest BCUT2D eigenvalue weighted by Gasteiger charge is 2.15. The van der Waals surface area contributed by atoms with Crippen LogP contribution in [0.5, 0.6) is 0 Å². The van der Waals surface area contributed by atoms with E-state index in [1.807, 2.05) is 0 Å². The zero-order valence-corrected chi connectivity index (χ0v) is 9.72. The second kappa shape index (κ2) is 6.51. The second-order valence-corrected chi connectivity index (χ2v) is 3.91. The molecule has 3 N–H and O–H groups in total. The van der Waals surface area contributed by atoms with Gasteiger partial charge in [0.05, 0.1) is 24.2 Å². The quantitative estimate of drug-likeness (QED) is 0.517. The smallest absolute Gasteiger partial charge is 0.275 e. The summed E-state index contributed by atoms with van der Waals surface area (Å²) in [5.41, 5.74) is 0.367. The van der Waals surface area contributed by atoms with Gasteiger partial charge in [-0.05, 0) is 12.1 Å². The summed E-state index contributed by atoms with van der Waals surface area (Å²) in [5.74, 6) is 0. The topological polar surface area (TPSA) is 95.6 Å². The molecule has 0 aromatic heterocycles. The third-order valence-corrected chi connectivity index (χ3v) is 2.50. The van der Waals surface area contributed by atoms with Crippen LogP contribution in [0.3, 0.4) is 0 Å². The predicted molar refractivity (Wildman–Crippen MR) is 62.9 cm³/mol. The summed E-state index contributed by atoms with van der Waals surface area (Å²) in [6, 6.07) is 3.87. The van der Waals surface area contributed by atoms with Crippen molar-refractivity contribution in [3.05, 3.63) is 38.9 Å². The fraction of sp³-hybridized carbons (Fsp3) is 0.400. The number of nitrogens with one attached hydrogen (secondary N) is 1. The van der Waals surface area contributed by atoms with Crippen LogP contribution in [0.1, 0.15) is 5.56 Å². The molecule has 0 unspecified atom stereocenters. The van der Waals surface area contributed by atoms with Crippen LogP contribution in [0, 0.1) is 10.1 Å². The van der Waals surface area contributed by atoms with E-state index in [0.717, 1.165) is 0 Å². The number of nitrogens with zero attached hydrogens (tertiary/aromatic N) is 1. The van der Waals surface area contributed by atoms with Crippen molar-refractivity contribution in [1.29, 1.82) is 0 Å². The lowest BCUT2D eigenvalue weighted by atomic mass is 10.1. The van der Waals surface area contributed by atoms with Crippen LogP contribution < -0.4 is 5.32 Å². The number of hydrogen-bond donors (Lipinski definition) is 3. The van der Waals surface area contributed by atoms with Gasteiger partial charge >= 0.3 is 0 Å². The number of aliphatic hydroxyl groups excluding tert-OH is 2. The van der Waals surface area contributed by atoms with Crippen molar-refractivity contribution in [2.75, 3.05) is 13.2 Å². The van der Waals surface area contributed by atoms with E-state index in [9.17, 15) is 10.1 Å². The Morgan fingerprint density at radius 1 is 1.41 bits per heavy atom. The minimum absolute atomic E-state index is 0.0837. The third kappa shape index (κ3) is 3.94. The Balaban J connectivity index is 2.80. The Hall–Kier alpha value is -1.21. The van der Waals surface area contributed by atoms with Crippen LogP contribution in [0.25, 0.3) is 0 Å². The van der Waals surface area contributed by atoms with Crippen LogP contribution in [0.15, 0.2) is 18.2 Å². The first kappa shape index (κ1) is 13.9. The molecule has 0 saturated heterocycles. The number of nitro benzene ring substituents is 1.